The molecule has 0 atom stereocenters. The summed E-state index contributed by atoms with van der Waals surface area (Å²) in [5, 5.41) is 0.700. The molecule has 0 radical (unpaired) electrons. The summed E-state index contributed by atoms with van der Waals surface area (Å²) in [6, 6.07) is 0. The van der Waals surface area contributed by atoms with Crippen molar-refractivity contribution in [3.63, 3.8) is 0 Å². The lowest BCUT2D eigenvalue weighted by molar-refractivity contribution is 1.11. The molecule has 11 heavy (non-hydrogen) atoms. The van der Waals surface area contributed by atoms with Crippen LogP contribution in [0.4, 0.5) is 0 Å². The van der Waals surface area contributed by atoms with Crippen LogP contribution >= 0.6 is 23.5 Å². The number of nitrogens with zero attached hydrogens (tertiary/aromatic N) is 1. The first-order valence-electron chi connectivity index (χ1n) is 3.63. The molecule has 0 amide bonds. The van der Waals surface area contributed by atoms with Gasteiger partial charge in [-0.1, -0.05) is 6.92 Å². The maximum absolute atomic E-state index is 5.56. The predicted molar refractivity (Wildman–Crippen MR) is 54.9 cm³/mol. The van der Waals surface area contributed by atoms with E-state index in [0.29, 0.717) is 5.17 Å². The summed E-state index contributed by atoms with van der Waals surface area (Å²) in [5.74, 6) is 1.17. The minimum absolute atomic E-state index is 0.700. The minimum Gasteiger partial charge on any atom is -0.378 e. The van der Waals surface area contributed by atoms with Crippen LogP contribution in [0.2, 0.25) is 0 Å². The largest absolute Gasteiger partial charge is 0.378 e. The van der Waals surface area contributed by atoms with E-state index in [1.807, 2.05) is 11.8 Å². The third kappa shape index (κ3) is 3.20. The Morgan fingerprint density at radius 1 is 1.82 bits per heavy atom. The number of aliphatic imine (C=N–C) groups is 1. The Kier molecular flexibility index (Phi) is 3.86. The zero-order chi connectivity index (χ0) is 8.10. The fourth-order valence-electron chi connectivity index (χ4n) is 0.678. The molecule has 0 aliphatic carbocycles. The standard InChI is InChI=1S/C7H12N2S2/c1-2-5-10-6-3-4-9-7(8)11-6/h3H,2,4-5H2,1H3,(H2,8,9). The average molecular weight is 188 g/mol. The van der Waals surface area contributed by atoms with E-state index in [2.05, 4.69) is 18.0 Å². The maximum Gasteiger partial charge on any atom is 0.159 e. The summed E-state index contributed by atoms with van der Waals surface area (Å²) in [6.45, 7) is 2.93. The number of amidine groups is 1. The molecule has 0 fully saturated rings. The van der Waals surface area contributed by atoms with Crippen molar-refractivity contribution in [2.75, 3.05) is 12.3 Å². The molecule has 2 nitrogen and oxygen atoms in total. The van der Waals surface area contributed by atoms with Crippen LogP contribution in [0.5, 0.6) is 0 Å². The highest BCUT2D eigenvalue weighted by atomic mass is 32.2. The van der Waals surface area contributed by atoms with Crippen LogP contribution in [0.15, 0.2) is 15.3 Å². The van der Waals surface area contributed by atoms with Crippen LogP contribution in [-0.4, -0.2) is 17.5 Å². The Labute approximate surface area is 75.7 Å². The van der Waals surface area contributed by atoms with Crippen molar-refractivity contribution in [1.82, 2.24) is 0 Å². The molecule has 1 rings (SSSR count). The van der Waals surface area contributed by atoms with Crippen molar-refractivity contribution in [3.8, 4) is 0 Å². The van der Waals surface area contributed by atoms with Gasteiger partial charge < -0.3 is 5.73 Å². The third-order valence-corrected chi connectivity index (χ3v) is 3.53. The normalized spacial score (nSPS) is 17.5. The van der Waals surface area contributed by atoms with Crippen molar-refractivity contribution in [1.29, 1.82) is 0 Å². The van der Waals surface area contributed by atoms with E-state index in [1.54, 1.807) is 11.8 Å². The summed E-state index contributed by atoms with van der Waals surface area (Å²) in [6.07, 6.45) is 3.33. The number of thioether (sulfide) groups is 2. The van der Waals surface area contributed by atoms with Crippen LogP contribution < -0.4 is 5.73 Å². The van der Waals surface area contributed by atoms with Gasteiger partial charge >= 0.3 is 0 Å². The van der Waals surface area contributed by atoms with Gasteiger partial charge in [0.2, 0.25) is 0 Å². The average Bonchev–Trinajstić information content (AvgIpc) is 2.01. The summed E-state index contributed by atoms with van der Waals surface area (Å²) < 4.78 is 1.30. The second kappa shape index (κ2) is 4.72. The molecule has 0 unspecified atom stereocenters. The van der Waals surface area contributed by atoms with Crippen LogP contribution in [0, 0.1) is 0 Å². The molecule has 0 aromatic carbocycles. The van der Waals surface area contributed by atoms with Gasteiger partial charge in [-0.25, -0.2) is 0 Å². The summed E-state index contributed by atoms with van der Waals surface area (Å²) in [5.41, 5.74) is 5.56. The van der Waals surface area contributed by atoms with Crippen molar-refractivity contribution in [3.05, 3.63) is 10.3 Å². The highest BCUT2D eigenvalue weighted by Crippen LogP contribution is 2.30. The summed E-state index contributed by atoms with van der Waals surface area (Å²) >= 11 is 3.44. The Hall–Kier alpha value is -0.0900. The lowest BCUT2D eigenvalue weighted by Crippen LogP contribution is -2.09. The molecule has 0 spiro atoms. The third-order valence-electron chi connectivity index (χ3n) is 1.16. The second-order valence-corrected chi connectivity index (χ2v) is 4.61. The van der Waals surface area contributed by atoms with Crippen LogP contribution in [0.25, 0.3) is 0 Å². The lowest BCUT2D eigenvalue weighted by Gasteiger charge is -2.08. The Balaban J connectivity index is 2.30. The molecule has 0 aromatic rings. The Bertz CT molecular complexity index is 187. The van der Waals surface area contributed by atoms with E-state index in [-0.39, 0.29) is 0 Å². The van der Waals surface area contributed by atoms with E-state index in [1.165, 1.54) is 16.4 Å². The van der Waals surface area contributed by atoms with Crippen LogP contribution in [0.1, 0.15) is 13.3 Å². The van der Waals surface area contributed by atoms with E-state index < -0.39 is 0 Å². The van der Waals surface area contributed by atoms with Crippen molar-refractivity contribution in [2.45, 2.75) is 13.3 Å². The van der Waals surface area contributed by atoms with E-state index >= 15 is 0 Å². The second-order valence-electron chi connectivity index (χ2n) is 2.15. The first-order chi connectivity index (χ1) is 5.33. The summed E-state index contributed by atoms with van der Waals surface area (Å²) in [4.78, 5) is 4.06. The van der Waals surface area contributed by atoms with E-state index in [4.69, 9.17) is 5.73 Å². The highest BCUT2D eigenvalue weighted by molar-refractivity contribution is 8.29. The number of rotatable bonds is 3. The number of hydrogen-bond donors (Lipinski definition) is 1. The fourth-order valence-corrected chi connectivity index (χ4v) is 2.52. The molecule has 0 saturated heterocycles. The van der Waals surface area contributed by atoms with Crippen LogP contribution in [0.3, 0.4) is 0 Å². The molecule has 2 N–H and O–H groups in total. The number of nitrogens with two attached hydrogens (primary N) is 1. The Morgan fingerprint density at radius 3 is 3.27 bits per heavy atom. The van der Waals surface area contributed by atoms with Crippen LogP contribution in [-0.2, 0) is 0 Å². The van der Waals surface area contributed by atoms with E-state index in [0.717, 1.165) is 6.54 Å². The topological polar surface area (TPSA) is 38.4 Å². The first kappa shape index (κ1) is 9.00. The molecule has 0 saturated carbocycles. The molecule has 62 valence electrons. The highest BCUT2D eigenvalue weighted by Gasteiger charge is 2.05. The lowest BCUT2D eigenvalue weighted by atomic mass is 10.6. The van der Waals surface area contributed by atoms with Gasteiger partial charge in [0.25, 0.3) is 0 Å². The van der Waals surface area contributed by atoms with Crippen molar-refractivity contribution in [2.24, 2.45) is 10.7 Å². The number of hydrogen-bond acceptors (Lipinski definition) is 4. The van der Waals surface area contributed by atoms with Crippen molar-refractivity contribution >= 4 is 28.7 Å². The maximum atomic E-state index is 5.56. The van der Waals surface area contributed by atoms with Gasteiger partial charge in [0.15, 0.2) is 5.17 Å². The SMILES string of the molecule is CCCSC1=CCN=C(N)S1. The van der Waals surface area contributed by atoms with Gasteiger partial charge in [-0.3, -0.25) is 4.99 Å². The van der Waals surface area contributed by atoms with Gasteiger partial charge in [0.1, 0.15) is 0 Å². The molecule has 1 aliphatic heterocycles. The van der Waals surface area contributed by atoms with E-state index in [9.17, 15) is 0 Å². The first-order valence-corrected chi connectivity index (χ1v) is 5.44. The quantitative estimate of drug-likeness (QED) is 0.736. The monoisotopic (exact) mass is 188 g/mol. The molecule has 1 heterocycles. The summed E-state index contributed by atoms with van der Waals surface area (Å²) in [7, 11) is 0. The Morgan fingerprint density at radius 2 is 2.64 bits per heavy atom. The van der Waals surface area contributed by atoms with Gasteiger partial charge in [-0.2, -0.15) is 0 Å². The zero-order valence-electron chi connectivity index (χ0n) is 6.54. The molecule has 1 aliphatic rings. The molecule has 0 bridgehead atoms. The fraction of sp³-hybridized carbons (Fsp3) is 0.571. The zero-order valence-corrected chi connectivity index (χ0v) is 8.17. The smallest absolute Gasteiger partial charge is 0.159 e. The molecule has 0 aromatic heterocycles. The van der Waals surface area contributed by atoms with Gasteiger partial charge in [-0.15, -0.1) is 11.8 Å². The predicted octanol–water partition coefficient (Wildman–Crippen LogP) is 2.03. The van der Waals surface area contributed by atoms with Gasteiger partial charge in [0.05, 0.1) is 6.54 Å². The van der Waals surface area contributed by atoms with Crippen molar-refractivity contribution < 1.29 is 0 Å². The molecular weight excluding hydrogens is 176 g/mol. The van der Waals surface area contributed by atoms with Gasteiger partial charge in [-0.05, 0) is 30.0 Å². The minimum atomic E-state index is 0.700. The van der Waals surface area contributed by atoms with Gasteiger partial charge in [0, 0.05) is 4.24 Å². The molecular formula is C7H12N2S2. The molecule has 4 heteroatoms.